The van der Waals surface area contributed by atoms with Gasteiger partial charge in [0.05, 0.1) is 0 Å². The number of hydrogen-bond acceptors (Lipinski definition) is 2. The summed E-state index contributed by atoms with van der Waals surface area (Å²) in [7, 11) is 0. The van der Waals surface area contributed by atoms with E-state index in [9.17, 15) is 0 Å². The highest BCUT2D eigenvalue weighted by Gasteiger charge is 2.07. The first kappa shape index (κ1) is 17.6. The maximum Gasteiger partial charge on any atom is 0.126 e. The molecular weight excluding hydrogens is 376 g/mol. The SMILES string of the molecule is BrCCc1ccc(OCc2ccccc2)cc1OCc1ccccc1. The predicted octanol–water partition coefficient (Wildman–Crippen LogP) is 5.78. The van der Waals surface area contributed by atoms with Crippen molar-refractivity contribution in [3.63, 3.8) is 0 Å². The van der Waals surface area contributed by atoms with Gasteiger partial charge in [-0.05, 0) is 29.2 Å². The number of alkyl halides is 1. The largest absolute Gasteiger partial charge is 0.489 e. The second-order valence-electron chi connectivity index (χ2n) is 5.76. The molecule has 128 valence electrons. The Bertz CT molecular complexity index is 773. The first-order valence-electron chi connectivity index (χ1n) is 8.37. The van der Waals surface area contributed by atoms with Crippen LogP contribution in [0.4, 0.5) is 0 Å². The van der Waals surface area contributed by atoms with Crippen molar-refractivity contribution in [2.45, 2.75) is 19.6 Å². The van der Waals surface area contributed by atoms with Gasteiger partial charge < -0.3 is 9.47 Å². The van der Waals surface area contributed by atoms with E-state index in [1.807, 2.05) is 48.5 Å². The van der Waals surface area contributed by atoms with E-state index in [1.54, 1.807) is 0 Å². The van der Waals surface area contributed by atoms with Crippen molar-refractivity contribution in [1.29, 1.82) is 0 Å². The molecular formula is C22H21BrO2. The maximum atomic E-state index is 6.07. The Morgan fingerprint density at radius 1 is 0.680 bits per heavy atom. The lowest BCUT2D eigenvalue weighted by molar-refractivity contribution is 0.288. The smallest absolute Gasteiger partial charge is 0.126 e. The quantitative estimate of drug-likeness (QED) is 0.449. The Labute approximate surface area is 157 Å². The third-order valence-corrected chi connectivity index (χ3v) is 4.28. The van der Waals surface area contributed by atoms with Gasteiger partial charge in [-0.1, -0.05) is 82.7 Å². The summed E-state index contributed by atoms with van der Waals surface area (Å²) < 4.78 is 12.0. The van der Waals surface area contributed by atoms with Crippen LogP contribution in [-0.4, -0.2) is 5.33 Å². The molecule has 0 spiro atoms. The van der Waals surface area contributed by atoms with Gasteiger partial charge in [0.1, 0.15) is 24.7 Å². The molecule has 0 aliphatic carbocycles. The van der Waals surface area contributed by atoms with Crippen LogP contribution in [-0.2, 0) is 19.6 Å². The van der Waals surface area contributed by atoms with E-state index in [1.165, 1.54) is 5.56 Å². The molecule has 3 heteroatoms. The second kappa shape index (κ2) is 9.28. The molecule has 0 saturated carbocycles. The van der Waals surface area contributed by atoms with Gasteiger partial charge >= 0.3 is 0 Å². The summed E-state index contributed by atoms with van der Waals surface area (Å²) in [5.74, 6) is 1.71. The van der Waals surface area contributed by atoms with Crippen molar-refractivity contribution in [2.75, 3.05) is 5.33 Å². The zero-order valence-corrected chi connectivity index (χ0v) is 15.6. The fourth-order valence-corrected chi connectivity index (χ4v) is 2.97. The first-order valence-corrected chi connectivity index (χ1v) is 9.49. The van der Waals surface area contributed by atoms with Gasteiger partial charge in [0, 0.05) is 11.4 Å². The average molecular weight is 397 g/mol. The fourth-order valence-electron chi connectivity index (χ4n) is 2.54. The first-order chi connectivity index (χ1) is 12.3. The third kappa shape index (κ3) is 5.36. The van der Waals surface area contributed by atoms with E-state index in [0.29, 0.717) is 13.2 Å². The summed E-state index contributed by atoms with van der Waals surface area (Å²) in [6, 6.07) is 26.5. The standard InChI is InChI=1S/C22H21BrO2/c23-14-13-20-11-12-21(24-16-18-7-3-1-4-8-18)15-22(20)25-17-19-9-5-2-6-10-19/h1-12,15H,13-14,16-17H2. The van der Waals surface area contributed by atoms with Gasteiger partial charge in [-0.15, -0.1) is 0 Å². The summed E-state index contributed by atoms with van der Waals surface area (Å²) in [4.78, 5) is 0. The molecule has 3 aromatic rings. The Hall–Kier alpha value is -2.26. The van der Waals surface area contributed by atoms with E-state index in [4.69, 9.17) is 9.47 Å². The van der Waals surface area contributed by atoms with Crippen LogP contribution >= 0.6 is 15.9 Å². The summed E-state index contributed by atoms with van der Waals surface area (Å²) in [5, 5.41) is 0.902. The summed E-state index contributed by atoms with van der Waals surface area (Å²) in [5.41, 5.74) is 3.49. The number of hydrogen-bond donors (Lipinski definition) is 0. The highest BCUT2D eigenvalue weighted by Crippen LogP contribution is 2.27. The molecule has 0 aromatic heterocycles. The molecule has 0 atom stereocenters. The van der Waals surface area contributed by atoms with Gasteiger partial charge in [0.2, 0.25) is 0 Å². The maximum absolute atomic E-state index is 6.07. The minimum absolute atomic E-state index is 0.552. The van der Waals surface area contributed by atoms with E-state index in [-0.39, 0.29) is 0 Å². The molecule has 0 bridgehead atoms. The van der Waals surface area contributed by atoms with Crippen LogP contribution in [0, 0.1) is 0 Å². The molecule has 0 fully saturated rings. The van der Waals surface area contributed by atoms with Gasteiger partial charge in [-0.2, -0.15) is 0 Å². The number of aryl methyl sites for hydroxylation is 1. The second-order valence-corrected chi connectivity index (χ2v) is 6.55. The molecule has 25 heavy (non-hydrogen) atoms. The molecule has 0 saturated heterocycles. The van der Waals surface area contributed by atoms with Crippen LogP contribution in [0.25, 0.3) is 0 Å². The Morgan fingerprint density at radius 2 is 1.28 bits per heavy atom. The van der Waals surface area contributed by atoms with Crippen LogP contribution in [0.5, 0.6) is 11.5 Å². The molecule has 0 heterocycles. The van der Waals surface area contributed by atoms with Gasteiger partial charge in [0.15, 0.2) is 0 Å². The highest BCUT2D eigenvalue weighted by atomic mass is 79.9. The van der Waals surface area contributed by atoms with Crippen molar-refractivity contribution < 1.29 is 9.47 Å². The summed E-state index contributed by atoms with van der Waals surface area (Å²) in [6.07, 6.45) is 0.920. The molecule has 3 aromatic carbocycles. The lowest BCUT2D eigenvalue weighted by Gasteiger charge is -2.14. The van der Waals surface area contributed by atoms with E-state index in [2.05, 4.69) is 46.3 Å². The van der Waals surface area contributed by atoms with Crippen LogP contribution in [0.1, 0.15) is 16.7 Å². The summed E-state index contributed by atoms with van der Waals surface area (Å²) in [6.45, 7) is 1.11. The topological polar surface area (TPSA) is 18.5 Å². The number of ether oxygens (including phenoxy) is 2. The van der Waals surface area contributed by atoms with E-state index < -0.39 is 0 Å². The van der Waals surface area contributed by atoms with Crippen LogP contribution < -0.4 is 9.47 Å². The highest BCUT2D eigenvalue weighted by molar-refractivity contribution is 9.09. The predicted molar refractivity (Wildman–Crippen MR) is 105 cm³/mol. The molecule has 3 rings (SSSR count). The minimum Gasteiger partial charge on any atom is -0.489 e. The fraction of sp³-hybridized carbons (Fsp3) is 0.182. The number of rotatable bonds is 8. The molecule has 0 amide bonds. The lowest BCUT2D eigenvalue weighted by Crippen LogP contribution is -2.01. The van der Waals surface area contributed by atoms with Crippen molar-refractivity contribution in [3.8, 4) is 11.5 Å². The van der Waals surface area contributed by atoms with E-state index >= 15 is 0 Å². The van der Waals surface area contributed by atoms with Crippen molar-refractivity contribution in [3.05, 3.63) is 95.6 Å². The third-order valence-electron chi connectivity index (χ3n) is 3.89. The van der Waals surface area contributed by atoms with Gasteiger partial charge in [-0.25, -0.2) is 0 Å². The number of halogens is 1. The van der Waals surface area contributed by atoms with E-state index in [0.717, 1.165) is 34.4 Å². The van der Waals surface area contributed by atoms with Crippen LogP contribution in [0.2, 0.25) is 0 Å². The zero-order chi connectivity index (χ0) is 17.3. The molecule has 0 aliphatic rings. The van der Waals surface area contributed by atoms with Crippen molar-refractivity contribution in [1.82, 2.24) is 0 Å². The Kier molecular flexibility index (Phi) is 6.52. The van der Waals surface area contributed by atoms with Crippen LogP contribution in [0.15, 0.2) is 78.9 Å². The molecule has 0 N–H and O–H groups in total. The molecule has 0 radical (unpaired) electrons. The zero-order valence-electron chi connectivity index (χ0n) is 14.0. The summed E-state index contributed by atoms with van der Waals surface area (Å²) >= 11 is 3.51. The minimum atomic E-state index is 0.552. The molecule has 0 unspecified atom stereocenters. The average Bonchev–Trinajstić information content (AvgIpc) is 2.68. The molecule has 2 nitrogen and oxygen atoms in total. The molecule has 0 aliphatic heterocycles. The van der Waals surface area contributed by atoms with Crippen molar-refractivity contribution in [2.24, 2.45) is 0 Å². The monoisotopic (exact) mass is 396 g/mol. The normalized spacial score (nSPS) is 10.4. The van der Waals surface area contributed by atoms with Crippen molar-refractivity contribution >= 4 is 15.9 Å². The van der Waals surface area contributed by atoms with Gasteiger partial charge in [-0.3, -0.25) is 0 Å². The van der Waals surface area contributed by atoms with Gasteiger partial charge in [0.25, 0.3) is 0 Å². The Balaban J connectivity index is 1.70. The number of benzene rings is 3. The lowest BCUT2D eigenvalue weighted by atomic mass is 10.1. The Morgan fingerprint density at radius 3 is 1.88 bits per heavy atom. The van der Waals surface area contributed by atoms with Crippen LogP contribution in [0.3, 0.4) is 0 Å².